The Hall–Kier alpha value is -1.89. The van der Waals surface area contributed by atoms with Gasteiger partial charge in [0.15, 0.2) is 0 Å². The third-order valence-electron chi connectivity index (χ3n) is 6.46. The van der Waals surface area contributed by atoms with Crippen LogP contribution in [0.25, 0.3) is 0 Å². The van der Waals surface area contributed by atoms with Gasteiger partial charge in [0.25, 0.3) is 5.91 Å². The number of hydrogen-bond acceptors (Lipinski definition) is 4. The number of carbonyl (C=O) groups excluding carboxylic acids is 2. The van der Waals surface area contributed by atoms with Gasteiger partial charge in [0.1, 0.15) is 0 Å². The molecule has 2 saturated heterocycles. The van der Waals surface area contributed by atoms with E-state index in [1.54, 1.807) is 6.20 Å². The van der Waals surface area contributed by atoms with Gasteiger partial charge in [-0.1, -0.05) is 13.3 Å². The lowest BCUT2D eigenvalue weighted by molar-refractivity contribution is -0.127. The molecule has 0 radical (unpaired) electrons. The van der Waals surface area contributed by atoms with E-state index in [0.29, 0.717) is 12.1 Å². The number of piperidine rings is 2. The molecule has 0 unspecified atom stereocenters. The average Bonchev–Trinajstić information content (AvgIpc) is 3.43. The molecule has 2 aliphatic heterocycles. The minimum absolute atomic E-state index is 0.107. The first-order chi connectivity index (χ1) is 13.7. The van der Waals surface area contributed by atoms with Crippen molar-refractivity contribution >= 4 is 11.8 Å². The van der Waals surface area contributed by atoms with Crippen molar-refractivity contribution in [1.82, 2.24) is 25.3 Å². The van der Waals surface area contributed by atoms with Crippen molar-refractivity contribution in [2.24, 2.45) is 5.92 Å². The lowest BCUT2D eigenvalue weighted by Crippen LogP contribution is -2.51. The quantitative estimate of drug-likeness (QED) is 0.782. The molecule has 0 aromatic carbocycles. The molecule has 2 N–H and O–H groups in total. The Balaban J connectivity index is 1.29. The van der Waals surface area contributed by atoms with Gasteiger partial charge >= 0.3 is 0 Å². The number of carbonyl (C=O) groups is 2. The highest BCUT2D eigenvalue weighted by Crippen LogP contribution is 2.26. The maximum atomic E-state index is 12.9. The molecule has 1 aromatic heterocycles. The summed E-state index contributed by atoms with van der Waals surface area (Å²) in [5.74, 6) is 0.496. The van der Waals surface area contributed by atoms with Gasteiger partial charge in [-0.3, -0.25) is 19.6 Å². The number of aromatic amines is 1. The number of hydrogen-bond donors (Lipinski definition) is 2. The molecule has 1 aliphatic carbocycles. The maximum Gasteiger partial charge on any atom is 0.257 e. The average molecular weight is 388 g/mol. The molecule has 1 atom stereocenters. The van der Waals surface area contributed by atoms with Crippen molar-refractivity contribution in [1.29, 1.82) is 0 Å². The van der Waals surface area contributed by atoms with Crippen LogP contribution >= 0.6 is 0 Å². The summed E-state index contributed by atoms with van der Waals surface area (Å²) in [4.78, 5) is 29.8. The second-order valence-corrected chi connectivity index (χ2v) is 8.65. The topological polar surface area (TPSA) is 81.3 Å². The van der Waals surface area contributed by atoms with Crippen LogP contribution in [-0.2, 0) is 11.2 Å². The zero-order valence-corrected chi connectivity index (χ0v) is 17.0. The Labute approximate surface area is 167 Å². The smallest absolute Gasteiger partial charge is 0.257 e. The van der Waals surface area contributed by atoms with Crippen molar-refractivity contribution in [2.45, 2.75) is 70.4 Å². The number of aromatic nitrogens is 2. The number of H-pyrrole nitrogens is 1. The first kappa shape index (κ1) is 19.4. The monoisotopic (exact) mass is 387 g/mol. The number of rotatable bonds is 6. The molecule has 3 aliphatic rings. The normalized spacial score (nSPS) is 24.3. The van der Waals surface area contributed by atoms with E-state index in [-0.39, 0.29) is 17.7 Å². The van der Waals surface area contributed by atoms with Gasteiger partial charge in [-0.2, -0.15) is 5.10 Å². The fourth-order valence-corrected chi connectivity index (χ4v) is 4.64. The van der Waals surface area contributed by atoms with E-state index in [0.717, 1.165) is 88.8 Å². The first-order valence-corrected chi connectivity index (χ1v) is 11.0. The zero-order valence-electron chi connectivity index (χ0n) is 17.0. The van der Waals surface area contributed by atoms with Crippen LogP contribution in [0.5, 0.6) is 0 Å². The molecule has 7 nitrogen and oxygen atoms in total. The first-order valence-electron chi connectivity index (χ1n) is 11.0. The second-order valence-electron chi connectivity index (χ2n) is 8.65. The van der Waals surface area contributed by atoms with Crippen molar-refractivity contribution in [3.05, 3.63) is 17.5 Å². The van der Waals surface area contributed by atoms with Gasteiger partial charge in [0, 0.05) is 37.4 Å². The van der Waals surface area contributed by atoms with Crippen LogP contribution in [0, 0.1) is 5.92 Å². The fraction of sp³-hybridized carbons (Fsp3) is 0.762. The van der Waals surface area contributed by atoms with Gasteiger partial charge in [-0.25, -0.2) is 0 Å². The minimum atomic E-state index is 0.107. The van der Waals surface area contributed by atoms with Gasteiger partial charge in [-0.05, 0) is 51.5 Å². The molecule has 0 spiro atoms. The number of nitrogens with zero attached hydrogens (tertiary/aromatic N) is 3. The number of likely N-dealkylation sites (tertiary alicyclic amines) is 2. The van der Waals surface area contributed by atoms with Crippen LogP contribution in [0.3, 0.4) is 0 Å². The van der Waals surface area contributed by atoms with Gasteiger partial charge < -0.3 is 10.2 Å². The molecular formula is C21H33N5O2. The van der Waals surface area contributed by atoms with Crippen LogP contribution in [0.1, 0.15) is 67.9 Å². The Morgan fingerprint density at radius 2 is 1.96 bits per heavy atom. The van der Waals surface area contributed by atoms with Crippen LogP contribution in [0.4, 0.5) is 0 Å². The molecule has 28 heavy (non-hydrogen) atoms. The predicted molar refractivity (Wildman–Crippen MR) is 107 cm³/mol. The summed E-state index contributed by atoms with van der Waals surface area (Å²) in [6, 6.07) is 0.928. The van der Waals surface area contributed by atoms with E-state index in [1.165, 1.54) is 0 Å². The van der Waals surface area contributed by atoms with E-state index in [9.17, 15) is 9.59 Å². The molecule has 7 heteroatoms. The summed E-state index contributed by atoms with van der Waals surface area (Å²) in [6.45, 7) is 5.64. The zero-order chi connectivity index (χ0) is 19.5. The largest absolute Gasteiger partial charge is 0.353 e. The van der Waals surface area contributed by atoms with Crippen molar-refractivity contribution < 1.29 is 9.59 Å². The number of aryl methyl sites for hydroxylation is 1. The van der Waals surface area contributed by atoms with Crippen molar-refractivity contribution in [2.75, 3.05) is 26.2 Å². The fourth-order valence-electron chi connectivity index (χ4n) is 4.64. The second kappa shape index (κ2) is 8.64. The van der Waals surface area contributed by atoms with E-state index in [4.69, 9.17) is 0 Å². The SMILES string of the molecule is CCCc1[nH]ncc1C(=O)N1CCC(N2CCC[C@H](C(=O)NC3CC3)C2)CC1. The molecule has 0 bridgehead atoms. The molecule has 3 fully saturated rings. The molecule has 4 rings (SSSR count). The third kappa shape index (κ3) is 4.40. The minimum Gasteiger partial charge on any atom is -0.353 e. The van der Waals surface area contributed by atoms with Gasteiger partial charge in [0.05, 0.1) is 17.7 Å². The van der Waals surface area contributed by atoms with E-state index >= 15 is 0 Å². The molecule has 3 heterocycles. The highest BCUT2D eigenvalue weighted by atomic mass is 16.2. The summed E-state index contributed by atoms with van der Waals surface area (Å²) in [5, 5.41) is 10.2. The van der Waals surface area contributed by atoms with E-state index in [1.807, 2.05) is 4.90 Å². The van der Waals surface area contributed by atoms with Gasteiger partial charge in [0.2, 0.25) is 5.91 Å². The van der Waals surface area contributed by atoms with E-state index < -0.39 is 0 Å². The summed E-state index contributed by atoms with van der Waals surface area (Å²) >= 11 is 0. The highest BCUT2D eigenvalue weighted by Gasteiger charge is 2.34. The standard InChI is InChI=1S/C21H33N5O2/c1-2-4-19-18(13-22-24-19)21(28)25-11-8-17(9-12-25)26-10-3-5-15(14-26)20(27)23-16-6-7-16/h13,15-17H,2-12,14H2,1H3,(H,22,24)(H,23,27)/t15-/m0/s1. The summed E-state index contributed by atoms with van der Waals surface area (Å²) in [6.07, 6.45) is 9.89. The third-order valence-corrected chi connectivity index (χ3v) is 6.46. The van der Waals surface area contributed by atoms with Crippen LogP contribution in [-0.4, -0.2) is 70.1 Å². The molecular weight excluding hydrogens is 354 g/mol. The summed E-state index contributed by atoms with van der Waals surface area (Å²) in [7, 11) is 0. The summed E-state index contributed by atoms with van der Waals surface area (Å²) < 4.78 is 0. The van der Waals surface area contributed by atoms with Crippen LogP contribution in [0.2, 0.25) is 0 Å². The molecule has 1 aromatic rings. The molecule has 154 valence electrons. The lowest BCUT2D eigenvalue weighted by atomic mass is 9.93. The Morgan fingerprint density at radius 1 is 1.18 bits per heavy atom. The number of amides is 2. The Kier molecular flexibility index (Phi) is 5.99. The van der Waals surface area contributed by atoms with Crippen LogP contribution < -0.4 is 5.32 Å². The molecule has 2 amide bonds. The maximum absolute atomic E-state index is 12.9. The van der Waals surface area contributed by atoms with Crippen LogP contribution in [0.15, 0.2) is 6.20 Å². The lowest BCUT2D eigenvalue weighted by Gasteiger charge is -2.42. The predicted octanol–water partition coefficient (Wildman–Crippen LogP) is 1.96. The number of nitrogens with one attached hydrogen (secondary N) is 2. The Morgan fingerprint density at radius 3 is 2.68 bits per heavy atom. The van der Waals surface area contributed by atoms with Crippen molar-refractivity contribution in [3.8, 4) is 0 Å². The van der Waals surface area contributed by atoms with E-state index in [2.05, 4.69) is 27.3 Å². The summed E-state index contributed by atoms with van der Waals surface area (Å²) in [5.41, 5.74) is 1.69. The highest BCUT2D eigenvalue weighted by molar-refractivity contribution is 5.95. The van der Waals surface area contributed by atoms with Crippen molar-refractivity contribution in [3.63, 3.8) is 0 Å². The molecule has 1 saturated carbocycles. The Bertz CT molecular complexity index is 691. The van der Waals surface area contributed by atoms with Gasteiger partial charge in [-0.15, -0.1) is 0 Å².